The highest BCUT2D eigenvalue weighted by molar-refractivity contribution is 5.65. The quantitative estimate of drug-likeness (QED) is 0.904. The minimum absolute atomic E-state index is 0.841. The first kappa shape index (κ1) is 11.9. The zero-order valence-corrected chi connectivity index (χ0v) is 11.5. The summed E-state index contributed by atoms with van der Waals surface area (Å²) in [5.41, 5.74) is 3.77. The Balaban J connectivity index is 1.53. The van der Waals surface area contributed by atoms with Crippen molar-refractivity contribution in [2.45, 2.75) is 0 Å². The van der Waals surface area contributed by atoms with Crippen LogP contribution in [0.25, 0.3) is 11.1 Å². The lowest BCUT2D eigenvalue weighted by Gasteiger charge is -2.20. The first-order valence-electron chi connectivity index (χ1n) is 7.36. The van der Waals surface area contributed by atoms with E-state index in [4.69, 9.17) is 0 Å². The molecular formula is C17H19N3. The number of hydrogen-bond acceptors (Lipinski definition) is 3. The second-order valence-corrected chi connectivity index (χ2v) is 5.87. The van der Waals surface area contributed by atoms with Gasteiger partial charge in [-0.25, -0.2) is 0 Å². The number of pyridine rings is 1. The maximum atomic E-state index is 4.18. The molecule has 0 saturated carbocycles. The van der Waals surface area contributed by atoms with Crippen molar-refractivity contribution in [2.24, 2.45) is 11.8 Å². The Morgan fingerprint density at radius 3 is 2.35 bits per heavy atom. The number of anilines is 1. The Kier molecular flexibility index (Phi) is 2.92. The van der Waals surface area contributed by atoms with Crippen molar-refractivity contribution >= 4 is 5.69 Å². The normalized spacial score (nSPS) is 24.9. The van der Waals surface area contributed by atoms with E-state index in [1.165, 1.54) is 43.0 Å². The molecule has 2 atom stereocenters. The van der Waals surface area contributed by atoms with Gasteiger partial charge in [0.2, 0.25) is 0 Å². The van der Waals surface area contributed by atoms with Crippen molar-refractivity contribution in [1.82, 2.24) is 10.3 Å². The van der Waals surface area contributed by atoms with Crippen molar-refractivity contribution in [1.29, 1.82) is 0 Å². The molecule has 2 fully saturated rings. The van der Waals surface area contributed by atoms with E-state index in [0.717, 1.165) is 11.8 Å². The van der Waals surface area contributed by atoms with Crippen molar-refractivity contribution in [3.63, 3.8) is 0 Å². The van der Waals surface area contributed by atoms with Crippen LogP contribution in [0.3, 0.4) is 0 Å². The van der Waals surface area contributed by atoms with Gasteiger partial charge >= 0.3 is 0 Å². The molecule has 3 heterocycles. The van der Waals surface area contributed by atoms with Gasteiger partial charge in [-0.3, -0.25) is 4.98 Å². The van der Waals surface area contributed by atoms with E-state index in [9.17, 15) is 0 Å². The van der Waals surface area contributed by atoms with Crippen LogP contribution in [0.2, 0.25) is 0 Å². The SMILES string of the molecule is c1cncc(-c2ccc(N3CC4CNCC4C3)cc2)c1. The van der Waals surface area contributed by atoms with Crippen molar-refractivity contribution in [3.05, 3.63) is 48.8 Å². The first-order valence-corrected chi connectivity index (χ1v) is 7.36. The van der Waals surface area contributed by atoms with Gasteiger partial charge in [-0.2, -0.15) is 0 Å². The van der Waals surface area contributed by atoms with E-state index in [1.807, 2.05) is 18.5 Å². The Hall–Kier alpha value is -1.87. The van der Waals surface area contributed by atoms with Gasteiger partial charge in [0, 0.05) is 44.3 Å². The van der Waals surface area contributed by atoms with E-state index < -0.39 is 0 Å². The van der Waals surface area contributed by atoms with Gasteiger partial charge in [-0.05, 0) is 41.2 Å². The molecule has 0 spiro atoms. The van der Waals surface area contributed by atoms with Gasteiger partial charge in [0.1, 0.15) is 0 Å². The largest absolute Gasteiger partial charge is 0.371 e. The van der Waals surface area contributed by atoms with Crippen LogP contribution in [0.5, 0.6) is 0 Å². The molecule has 20 heavy (non-hydrogen) atoms. The molecule has 102 valence electrons. The summed E-state index contributed by atoms with van der Waals surface area (Å²) in [6.07, 6.45) is 3.73. The molecule has 3 heteroatoms. The van der Waals surface area contributed by atoms with Gasteiger partial charge in [-0.1, -0.05) is 18.2 Å². The average molecular weight is 265 g/mol. The maximum absolute atomic E-state index is 4.18. The number of aromatic nitrogens is 1. The van der Waals surface area contributed by atoms with Crippen LogP contribution in [0.15, 0.2) is 48.8 Å². The summed E-state index contributed by atoms with van der Waals surface area (Å²) < 4.78 is 0. The molecule has 0 aliphatic carbocycles. The summed E-state index contributed by atoms with van der Waals surface area (Å²) in [5, 5.41) is 3.49. The van der Waals surface area contributed by atoms with Crippen LogP contribution in [-0.2, 0) is 0 Å². The highest BCUT2D eigenvalue weighted by Crippen LogP contribution is 2.31. The highest BCUT2D eigenvalue weighted by Gasteiger charge is 2.35. The molecule has 2 aromatic rings. The van der Waals surface area contributed by atoms with Gasteiger partial charge in [0.25, 0.3) is 0 Å². The molecule has 2 unspecified atom stereocenters. The molecule has 0 bridgehead atoms. The lowest BCUT2D eigenvalue weighted by molar-refractivity contribution is 0.533. The molecule has 0 amide bonds. The zero-order chi connectivity index (χ0) is 13.4. The predicted octanol–water partition coefficient (Wildman–Crippen LogP) is 2.40. The molecule has 1 aromatic heterocycles. The fourth-order valence-corrected chi connectivity index (χ4v) is 3.46. The Morgan fingerprint density at radius 1 is 0.950 bits per heavy atom. The smallest absolute Gasteiger partial charge is 0.0366 e. The summed E-state index contributed by atoms with van der Waals surface area (Å²) in [7, 11) is 0. The zero-order valence-electron chi connectivity index (χ0n) is 11.5. The lowest BCUT2D eigenvalue weighted by atomic mass is 10.0. The van der Waals surface area contributed by atoms with E-state index in [0.29, 0.717) is 0 Å². The number of fused-ring (bicyclic) bond motifs is 1. The molecule has 0 radical (unpaired) electrons. The molecule has 1 N–H and O–H groups in total. The summed E-state index contributed by atoms with van der Waals surface area (Å²) in [6.45, 7) is 4.78. The monoisotopic (exact) mass is 265 g/mol. The molecule has 3 nitrogen and oxygen atoms in total. The fraction of sp³-hybridized carbons (Fsp3) is 0.353. The third-order valence-electron chi connectivity index (χ3n) is 4.62. The predicted molar refractivity (Wildman–Crippen MR) is 81.7 cm³/mol. The van der Waals surface area contributed by atoms with Crippen molar-refractivity contribution in [2.75, 3.05) is 31.1 Å². The summed E-state index contributed by atoms with van der Waals surface area (Å²) >= 11 is 0. The average Bonchev–Trinajstić information content (AvgIpc) is 3.10. The third-order valence-corrected chi connectivity index (χ3v) is 4.62. The van der Waals surface area contributed by atoms with E-state index in [2.05, 4.69) is 45.5 Å². The highest BCUT2D eigenvalue weighted by atomic mass is 15.2. The lowest BCUT2D eigenvalue weighted by Crippen LogP contribution is -2.25. The molecular weight excluding hydrogens is 246 g/mol. The van der Waals surface area contributed by atoms with Gasteiger partial charge in [0.15, 0.2) is 0 Å². The first-order chi connectivity index (χ1) is 9.90. The molecule has 2 aliphatic rings. The van der Waals surface area contributed by atoms with Crippen LogP contribution in [-0.4, -0.2) is 31.2 Å². The number of hydrogen-bond donors (Lipinski definition) is 1. The van der Waals surface area contributed by atoms with Crippen LogP contribution in [0.1, 0.15) is 0 Å². The van der Waals surface area contributed by atoms with E-state index in [1.54, 1.807) is 0 Å². The Labute approximate surface area is 119 Å². The number of benzene rings is 1. The van der Waals surface area contributed by atoms with Crippen LogP contribution in [0, 0.1) is 11.8 Å². The van der Waals surface area contributed by atoms with E-state index in [-0.39, 0.29) is 0 Å². The molecule has 2 saturated heterocycles. The summed E-state index contributed by atoms with van der Waals surface area (Å²) in [5.74, 6) is 1.68. The number of rotatable bonds is 2. The second-order valence-electron chi connectivity index (χ2n) is 5.87. The maximum Gasteiger partial charge on any atom is 0.0366 e. The third kappa shape index (κ3) is 2.08. The Morgan fingerprint density at radius 2 is 1.70 bits per heavy atom. The van der Waals surface area contributed by atoms with Crippen LogP contribution in [0.4, 0.5) is 5.69 Å². The van der Waals surface area contributed by atoms with Gasteiger partial charge in [0.05, 0.1) is 0 Å². The molecule has 1 aromatic carbocycles. The fourth-order valence-electron chi connectivity index (χ4n) is 3.46. The van der Waals surface area contributed by atoms with E-state index >= 15 is 0 Å². The Bertz CT molecular complexity index is 567. The topological polar surface area (TPSA) is 28.2 Å². The van der Waals surface area contributed by atoms with Gasteiger partial charge in [-0.15, -0.1) is 0 Å². The minimum Gasteiger partial charge on any atom is -0.371 e. The number of nitrogens with zero attached hydrogens (tertiary/aromatic N) is 2. The minimum atomic E-state index is 0.841. The molecule has 4 rings (SSSR count). The summed E-state index contributed by atoms with van der Waals surface area (Å²) in [4.78, 5) is 6.71. The number of nitrogens with one attached hydrogen (secondary N) is 1. The second kappa shape index (κ2) is 4.91. The van der Waals surface area contributed by atoms with Crippen molar-refractivity contribution in [3.8, 4) is 11.1 Å². The van der Waals surface area contributed by atoms with Crippen LogP contribution >= 0.6 is 0 Å². The van der Waals surface area contributed by atoms with Crippen LogP contribution < -0.4 is 10.2 Å². The van der Waals surface area contributed by atoms with Crippen molar-refractivity contribution < 1.29 is 0 Å². The summed E-state index contributed by atoms with van der Waals surface area (Å²) in [6, 6.07) is 13.0. The van der Waals surface area contributed by atoms with Gasteiger partial charge < -0.3 is 10.2 Å². The standard InChI is InChI=1S/C17H19N3/c1-2-14(8-18-7-1)13-3-5-17(6-4-13)20-11-15-9-19-10-16(15)12-20/h1-8,15-16,19H,9-12H2. The molecule has 2 aliphatic heterocycles.